The van der Waals surface area contributed by atoms with Crippen LogP contribution in [-0.2, 0) is 11.3 Å². The van der Waals surface area contributed by atoms with Crippen LogP contribution >= 0.6 is 0 Å². The van der Waals surface area contributed by atoms with E-state index in [0.717, 1.165) is 29.5 Å². The number of benzene rings is 2. The largest absolute Gasteiger partial charge is 0.465 e. The molecular formula is C24H23N3O3. The summed E-state index contributed by atoms with van der Waals surface area (Å²) in [6.07, 6.45) is 5.01. The molecule has 2 amide bonds. The summed E-state index contributed by atoms with van der Waals surface area (Å²) >= 11 is 0. The Labute approximate surface area is 174 Å². The quantitative estimate of drug-likeness (QED) is 0.501. The van der Waals surface area contributed by atoms with Crippen LogP contribution in [-0.4, -0.2) is 23.3 Å². The first-order valence-corrected chi connectivity index (χ1v) is 9.84. The van der Waals surface area contributed by atoms with E-state index in [0.29, 0.717) is 35.7 Å². The van der Waals surface area contributed by atoms with Crippen molar-refractivity contribution in [3.05, 3.63) is 83.3 Å². The summed E-state index contributed by atoms with van der Waals surface area (Å²) in [6, 6.07) is 16.4. The lowest BCUT2D eigenvalue weighted by molar-refractivity contribution is -0.129. The molecule has 4 rings (SSSR count). The van der Waals surface area contributed by atoms with Crippen molar-refractivity contribution in [1.29, 1.82) is 0 Å². The van der Waals surface area contributed by atoms with Crippen molar-refractivity contribution in [2.45, 2.75) is 19.4 Å². The van der Waals surface area contributed by atoms with Crippen molar-refractivity contribution in [2.75, 3.05) is 12.3 Å². The van der Waals surface area contributed by atoms with Crippen LogP contribution in [0.1, 0.15) is 34.5 Å². The number of nitrogens with two attached hydrogens (primary N) is 2. The molecule has 0 unspecified atom stereocenters. The minimum Gasteiger partial charge on any atom is -0.465 e. The molecule has 2 heterocycles. The van der Waals surface area contributed by atoms with Gasteiger partial charge in [-0.2, -0.15) is 0 Å². The second-order valence-corrected chi connectivity index (χ2v) is 7.35. The second kappa shape index (κ2) is 8.29. The third kappa shape index (κ3) is 3.98. The Morgan fingerprint density at radius 1 is 1.10 bits per heavy atom. The van der Waals surface area contributed by atoms with Gasteiger partial charge < -0.3 is 20.8 Å². The van der Waals surface area contributed by atoms with Crippen LogP contribution < -0.4 is 11.5 Å². The molecule has 4 N–H and O–H groups in total. The maximum Gasteiger partial charge on any atom is 0.250 e. The molecule has 0 saturated carbocycles. The van der Waals surface area contributed by atoms with Gasteiger partial charge in [-0.3, -0.25) is 9.59 Å². The number of carbonyl (C=O) groups is 2. The predicted molar refractivity (Wildman–Crippen MR) is 116 cm³/mol. The van der Waals surface area contributed by atoms with Gasteiger partial charge in [-0.05, 0) is 60.4 Å². The first-order valence-electron chi connectivity index (χ1n) is 9.84. The van der Waals surface area contributed by atoms with Gasteiger partial charge in [0, 0.05) is 35.5 Å². The lowest BCUT2D eigenvalue weighted by atomic mass is 9.95. The standard InChI is InChI=1S/C24H23N3O3/c25-22-8-2-1-7-19(22)21-13-16(9-10-20(21)23(26)28)15-27-11-3-5-17(24(27)29)14-18-6-4-12-30-18/h1-2,4,6-10,12-14H,3,5,11,15,25H2,(H2,26,28). The highest BCUT2D eigenvalue weighted by Crippen LogP contribution is 2.31. The third-order valence-electron chi connectivity index (χ3n) is 5.27. The molecule has 2 aromatic carbocycles. The van der Waals surface area contributed by atoms with E-state index in [9.17, 15) is 9.59 Å². The van der Waals surface area contributed by atoms with E-state index < -0.39 is 5.91 Å². The molecule has 1 aliphatic rings. The summed E-state index contributed by atoms with van der Waals surface area (Å²) in [6.45, 7) is 1.11. The van der Waals surface area contributed by atoms with Crippen molar-refractivity contribution in [2.24, 2.45) is 5.73 Å². The summed E-state index contributed by atoms with van der Waals surface area (Å²) in [4.78, 5) is 26.7. The topological polar surface area (TPSA) is 103 Å². The maximum atomic E-state index is 13.0. The maximum absolute atomic E-state index is 13.0. The van der Waals surface area contributed by atoms with Crippen molar-refractivity contribution >= 4 is 23.6 Å². The fraction of sp³-hybridized carbons (Fsp3) is 0.167. The molecule has 0 aliphatic carbocycles. The summed E-state index contributed by atoms with van der Waals surface area (Å²) in [5, 5.41) is 0. The molecule has 1 aliphatic heterocycles. The molecule has 1 aromatic heterocycles. The molecule has 0 radical (unpaired) electrons. The van der Waals surface area contributed by atoms with E-state index in [-0.39, 0.29) is 5.91 Å². The van der Waals surface area contributed by atoms with Gasteiger partial charge in [-0.1, -0.05) is 24.3 Å². The fourth-order valence-corrected chi connectivity index (χ4v) is 3.79. The first kappa shape index (κ1) is 19.5. The van der Waals surface area contributed by atoms with Crippen molar-refractivity contribution < 1.29 is 14.0 Å². The van der Waals surface area contributed by atoms with Crippen LogP contribution in [0.3, 0.4) is 0 Å². The second-order valence-electron chi connectivity index (χ2n) is 7.35. The number of anilines is 1. The average Bonchev–Trinajstić information content (AvgIpc) is 3.24. The Hall–Kier alpha value is -3.80. The van der Waals surface area contributed by atoms with Gasteiger partial charge in [-0.15, -0.1) is 0 Å². The smallest absolute Gasteiger partial charge is 0.250 e. The van der Waals surface area contributed by atoms with Crippen LogP contribution in [0, 0.1) is 0 Å². The number of furan rings is 1. The zero-order valence-corrected chi connectivity index (χ0v) is 16.5. The van der Waals surface area contributed by atoms with Gasteiger partial charge in [0.15, 0.2) is 0 Å². The number of hydrogen-bond donors (Lipinski definition) is 2. The number of nitrogen functional groups attached to an aromatic ring is 1. The molecule has 0 atom stereocenters. The van der Waals surface area contributed by atoms with E-state index in [1.54, 1.807) is 30.5 Å². The molecule has 3 aromatic rings. The minimum absolute atomic E-state index is 0.00240. The Bertz CT molecular complexity index is 1120. The molecule has 30 heavy (non-hydrogen) atoms. The highest BCUT2D eigenvalue weighted by Gasteiger charge is 2.24. The van der Waals surface area contributed by atoms with Crippen LogP contribution in [0.5, 0.6) is 0 Å². The number of rotatable bonds is 5. The van der Waals surface area contributed by atoms with Gasteiger partial charge in [0.1, 0.15) is 5.76 Å². The predicted octanol–water partition coefficient (Wildman–Crippen LogP) is 3.83. The third-order valence-corrected chi connectivity index (χ3v) is 5.27. The molecule has 1 fully saturated rings. The van der Waals surface area contributed by atoms with Gasteiger partial charge >= 0.3 is 0 Å². The number of hydrogen-bond acceptors (Lipinski definition) is 4. The molecule has 152 valence electrons. The molecular weight excluding hydrogens is 378 g/mol. The van der Waals surface area contributed by atoms with Crippen molar-refractivity contribution in [1.82, 2.24) is 4.90 Å². The Kier molecular flexibility index (Phi) is 5.39. The van der Waals surface area contributed by atoms with E-state index in [1.807, 2.05) is 41.3 Å². The SMILES string of the molecule is NC(=O)c1ccc(CN2CCCC(=Cc3ccco3)C2=O)cc1-c1ccccc1N. The number of amides is 2. The zero-order chi connectivity index (χ0) is 21.1. The molecule has 6 heteroatoms. The monoisotopic (exact) mass is 401 g/mol. The molecule has 0 bridgehead atoms. The average molecular weight is 401 g/mol. The number of nitrogens with zero attached hydrogens (tertiary/aromatic N) is 1. The molecule has 0 spiro atoms. The normalized spacial score (nSPS) is 15.5. The van der Waals surface area contributed by atoms with Gasteiger partial charge in [0.25, 0.3) is 0 Å². The Morgan fingerprint density at radius 2 is 1.93 bits per heavy atom. The van der Waals surface area contributed by atoms with Gasteiger partial charge in [-0.25, -0.2) is 0 Å². The summed E-state index contributed by atoms with van der Waals surface area (Å²) in [5.74, 6) is 0.155. The van der Waals surface area contributed by atoms with Crippen LogP contribution in [0.25, 0.3) is 17.2 Å². The number of primary amides is 1. The highest BCUT2D eigenvalue weighted by molar-refractivity contribution is 6.01. The Morgan fingerprint density at radius 3 is 2.67 bits per heavy atom. The first-order chi connectivity index (χ1) is 14.5. The number of para-hydroxylation sites is 1. The Balaban J connectivity index is 1.63. The highest BCUT2D eigenvalue weighted by atomic mass is 16.3. The van der Waals surface area contributed by atoms with Crippen LogP contribution in [0.4, 0.5) is 5.69 Å². The minimum atomic E-state index is -0.516. The summed E-state index contributed by atoms with van der Waals surface area (Å²) < 4.78 is 5.35. The summed E-state index contributed by atoms with van der Waals surface area (Å²) in [5.41, 5.74) is 15.7. The van der Waals surface area contributed by atoms with E-state index >= 15 is 0 Å². The van der Waals surface area contributed by atoms with Gasteiger partial charge in [0.05, 0.1) is 6.26 Å². The molecule has 1 saturated heterocycles. The van der Waals surface area contributed by atoms with Crippen molar-refractivity contribution in [3.63, 3.8) is 0 Å². The van der Waals surface area contributed by atoms with Crippen LogP contribution in [0.2, 0.25) is 0 Å². The van der Waals surface area contributed by atoms with E-state index in [4.69, 9.17) is 15.9 Å². The van der Waals surface area contributed by atoms with Gasteiger partial charge in [0.2, 0.25) is 11.8 Å². The fourth-order valence-electron chi connectivity index (χ4n) is 3.79. The lowest BCUT2D eigenvalue weighted by Gasteiger charge is -2.29. The van der Waals surface area contributed by atoms with E-state index in [1.165, 1.54) is 0 Å². The number of likely N-dealkylation sites (tertiary alicyclic amines) is 1. The lowest BCUT2D eigenvalue weighted by Crippen LogP contribution is -2.36. The van der Waals surface area contributed by atoms with Crippen molar-refractivity contribution in [3.8, 4) is 11.1 Å². The zero-order valence-electron chi connectivity index (χ0n) is 16.5. The number of piperidine rings is 1. The number of carbonyl (C=O) groups excluding carboxylic acids is 2. The van der Waals surface area contributed by atoms with Crippen LogP contribution in [0.15, 0.2) is 70.9 Å². The molecule has 6 nitrogen and oxygen atoms in total. The van der Waals surface area contributed by atoms with E-state index in [2.05, 4.69) is 0 Å². The summed E-state index contributed by atoms with van der Waals surface area (Å²) in [7, 11) is 0.